The van der Waals surface area contributed by atoms with Gasteiger partial charge in [-0.1, -0.05) is 6.07 Å². The maximum atomic E-state index is 10.9. The lowest BCUT2D eigenvalue weighted by molar-refractivity contribution is 0.0696. The zero-order chi connectivity index (χ0) is 14.5. The van der Waals surface area contributed by atoms with Crippen LogP contribution < -0.4 is 4.74 Å². The van der Waals surface area contributed by atoms with Gasteiger partial charge in [-0.15, -0.1) is 11.8 Å². The topological polar surface area (TPSA) is 46.5 Å². The van der Waals surface area contributed by atoms with Crippen molar-refractivity contribution in [2.45, 2.75) is 18.4 Å². The number of carboxylic acid groups (broad SMARTS) is 1. The van der Waals surface area contributed by atoms with Crippen molar-refractivity contribution < 1.29 is 14.6 Å². The first-order valence-electron chi connectivity index (χ1n) is 6.20. The summed E-state index contributed by atoms with van der Waals surface area (Å²) in [6.45, 7) is 2.33. The minimum Gasteiger partial charge on any atom is -0.489 e. The molecular weight excluding hydrogens is 272 g/mol. The van der Waals surface area contributed by atoms with Crippen molar-refractivity contribution in [1.82, 2.24) is 0 Å². The van der Waals surface area contributed by atoms with Crippen molar-refractivity contribution in [3.8, 4) is 5.75 Å². The largest absolute Gasteiger partial charge is 0.489 e. The van der Waals surface area contributed by atoms with Gasteiger partial charge in [0.1, 0.15) is 12.4 Å². The van der Waals surface area contributed by atoms with Crippen molar-refractivity contribution >= 4 is 17.7 Å². The lowest BCUT2D eigenvalue weighted by Crippen LogP contribution is -2.01. The van der Waals surface area contributed by atoms with Crippen molar-refractivity contribution in [1.29, 1.82) is 0 Å². The second-order valence-electron chi connectivity index (χ2n) is 4.41. The molecule has 4 heteroatoms. The Morgan fingerprint density at radius 1 is 1.20 bits per heavy atom. The zero-order valence-corrected chi connectivity index (χ0v) is 12.2. The van der Waals surface area contributed by atoms with Gasteiger partial charge in [0, 0.05) is 4.90 Å². The third-order valence-corrected chi connectivity index (χ3v) is 3.79. The number of ether oxygens (including phenoxy) is 1. The van der Waals surface area contributed by atoms with Gasteiger partial charge in [0.05, 0.1) is 5.56 Å². The minimum atomic E-state index is -0.909. The molecule has 0 amide bonds. The molecule has 0 aliphatic carbocycles. The quantitative estimate of drug-likeness (QED) is 0.845. The van der Waals surface area contributed by atoms with E-state index in [1.54, 1.807) is 30.0 Å². The first kappa shape index (κ1) is 14.5. The Hall–Kier alpha value is -1.94. The fourth-order valence-electron chi connectivity index (χ4n) is 1.82. The summed E-state index contributed by atoms with van der Waals surface area (Å²) < 4.78 is 5.72. The number of carboxylic acids is 1. The Morgan fingerprint density at radius 2 is 1.90 bits per heavy atom. The van der Waals surface area contributed by atoms with Gasteiger partial charge in [-0.05, 0) is 60.7 Å². The summed E-state index contributed by atoms with van der Waals surface area (Å²) >= 11 is 1.69. The number of aromatic carboxylic acids is 1. The number of benzene rings is 2. The number of carbonyl (C=O) groups is 1. The monoisotopic (exact) mass is 288 g/mol. The summed E-state index contributed by atoms with van der Waals surface area (Å²) in [7, 11) is 0. The molecule has 0 saturated carbocycles. The smallest absolute Gasteiger partial charge is 0.335 e. The van der Waals surface area contributed by atoms with E-state index >= 15 is 0 Å². The van der Waals surface area contributed by atoms with Gasteiger partial charge in [-0.3, -0.25) is 0 Å². The summed E-state index contributed by atoms with van der Waals surface area (Å²) in [6.07, 6.45) is 2.03. The van der Waals surface area contributed by atoms with Crippen LogP contribution in [0.5, 0.6) is 5.75 Å². The molecular formula is C16H16O3S. The highest BCUT2D eigenvalue weighted by molar-refractivity contribution is 7.98. The predicted octanol–water partition coefficient (Wildman–Crippen LogP) is 3.99. The van der Waals surface area contributed by atoms with Gasteiger partial charge in [0.2, 0.25) is 0 Å². The van der Waals surface area contributed by atoms with E-state index in [4.69, 9.17) is 9.84 Å². The maximum Gasteiger partial charge on any atom is 0.335 e. The first-order chi connectivity index (χ1) is 9.60. The molecule has 0 aromatic heterocycles. The van der Waals surface area contributed by atoms with Crippen LogP contribution in [-0.4, -0.2) is 17.3 Å². The van der Waals surface area contributed by atoms with Gasteiger partial charge in [-0.2, -0.15) is 0 Å². The third kappa shape index (κ3) is 3.54. The van der Waals surface area contributed by atoms with Crippen LogP contribution in [0.3, 0.4) is 0 Å². The molecule has 0 spiro atoms. The Balaban J connectivity index is 2.04. The number of rotatable bonds is 5. The van der Waals surface area contributed by atoms with Crippen LogP contribution in [0.15, 0.2) is 47.4 Å². The molecule has 1 N–H and O–H groups in total. The lowest BCUT2D eigenvalue weighted by atomic mass is 10.1. The molecule has 0 atom stereocenters. The molecule has 0 aliphatic rings. The highest BCUT2D eigenvalue weighted by Crippen LogP contribution is 2.20. The van der Waals surface area contributed by atoms with E-state index in [1.165, 1.54) is 4.90 Å². The van der Waals surface area contributed by atoms with Gasteiger partial charge >= 0.3 is 5.97 Å². The Morgan fingerprint density at radius 3 is 2.45 bits per heavy atom. The predicted molar refractivity (Wildman–Crippen MR) is 80.7 cm³/mol. The van der Waals surface area contributed by atoms with Crippen LogP contribution in [0.1, 0.15) is 21.5 Å². The molecule has 0 saturated heterocycles. The van der Waals surface area contributed by atoms with Crippen LogP contribution in [0.25, 0.3) is 0 Å². The van der Waals surface area contributed by atoms with Crippen molar-refractivity contribution in [2.75, 3.05) is 6.26 Å². The molecule has 0 unspecified atom stereocenters. The number of hydrogen-bond acceptors (Lipinski definition) is 3. The van der Waals surface area contributed by atoms with Gasteiger partial charge in [-0.25, -0.2) is 4.79 Å². The number of thioether (sulfide) groups is 1. The van der Waals surface area contributed by atoms with Crippen LogP contribution in [0.2, 0.25) is 0 Å². The highest BCUT2D eigenvalue weighted by Gasteiger charge is 2.06. The average molecular weight is 288 g/mol. The zero-order valence-electron chi connectivity index (χ0n) is 11.4. The number of aryl methyl sites for hydroxylation is 1. The fourth-order valence-corrected chi connectivity index (χ4v) is 2.23. The van der Waals surface area contributed by atoms with Crippen LogP contribution >= 0.6 is 11.8 Å². The fraction of sp³-hybridized carbons (Fsp3) is 0.188. The van der Waals surface area contributed by atoms with E-state index in [0.717, 1.165) is 16.9 Å². The van der Waals surface area contributed by atoms with Gasteiger partial charge in [0.25, 0.3) is 0 Å². The van der Waals surface area contributed by atoms with Crippen LogP contribution in [-0.2, 0) is 6.61 Å². The van der Waals surface area contributed by atoms with E-state index in [0.29, 0.717) is 12.2 Å². The van der Waals surface area contributed by atoms with Gasteiger partial charge in [0.15, 0.2) is 0 Å². The Labute approximate surface area is 122 Å². The van der Waals surface area contributed by atoms with Crippen LogP contribution in [0, 0.1) is 6.92 Å². The summed E-state index contributed by atoms with van der Waals surface area (Å²) in [4.78, 5) is 12.1. The lowest BCUT2D eigenvalue weighted by Gasteiger charge is -2.09. The molecule has 0 bridgehead atoms. The minimum absolute atomic E-state index is 0.301. The Bertz CT molecular complexity index is 606. The third-order valence-electron chi connectivity index (χ3n) is 3.04. The summed E-state index contributed by atoms with van der Waals surface area (Å²) in [5.74, 6) is -0.0993. The highest BCUT2D eigenvalue weighted by atomic mass is 32.2. The maximum absolute atomic E-state index is 10.9. The van der Waals surface area contributed by atoms with Crippen LogP contribution in [0.4, 0.5) is 0 Å². The molecule has 3 nitrogen and oxygen atoms in total. The van der Waals surface area contributed by atoms with Crippen molar-refractivity contribution in [3.05, 3.63) is 59.2 Å². The summed E-state index contributed by atoms with van der Waals surface area (Å²) in [5, 5.41) is 8.92. The standard InChI is InChI=1S/C16H16O3S/c1-11-9-12(16(17)18)3-4-13(11)10-19-14-5-7-15(20-2)8-6-14/h3-9H,10H2,1-2H3,(H,17,18). The van der Waals surface area contributed by atoms with E-state index in [-0.39, 0.29) is 0 Å². The van der Waals surface area contributed by atoms with E-state index in [2.05, 4.69) is 0 Å². The van der Waals surface area contributed by atoms with E-state index in [1.807, 2.05) is 37.4 Å². The first-order valence-corrected chi connectivity index (χ1v) is 7.42. The summed E-state index contributed by atoms with van der Waals surface area (Å²) in [6, 6.07) is 13.0. The molecule has 0 radical (unpaired) electrons. The SMILES string of the molecule is CSc1ccc(OCc2ccc(C(=O)O)cc2C)cc1. The molecule has 2 rings (SSSR count). The second kappa shape index (κ2) is 6.48. The molecule has 20 heavy (non-hydrogen) atoms. The molecule has 2 aromatic carbocycles. The van der Waals surface area contributed by atoms with E-state index in [9.17, 15) is 4.79 Å². The number of hydrogen-bond donors (Lipinski definition) is 1. The Kier molecular flexibility index (Phi) is 4.69. The summed E-state index contributed by atoms with van der Waals surface area (Å²) in [5.41, 5.74) is 2.21. The molecule has 0 heterocycles. The molecule has 2 aromatic rings. The normalized spacial score (nSPS) is 10.3. The molecule has 0 aliphatic heterocycles. The van der Waals surface area contributed by atoms with E-state index < -0.39 is 5.97 Å². The van der Waals surface area contributed by atoms with Crippen molar-refractivity contribution in [3.63, 3.8) is 0 Å². The molecule has 0 fully saturated rings. The van der Waals surface area contributed by atoms with Crippen molar-refractivity contribution in [2.24, 2.45) is 0 Å². The van der Waals surface area contributed by atoms with Gasteiger partial charge < -0.3 is 9.84 Å². The average Bonchev–Trinajstić information content (AvgIpc) is 2.46. The second-order valence-corrected chi connectivity index (χ2v) is 5.29. The molecule has 104 valence electrons.